The lowest BCUT2D eigenvalue weighted by Gasteiger charge is -2.36. The zero-order valence-electron chi connectivity index (χ0n) is 15.9. The lowest BCUT2D eigenvalue weighted by molar-refractivity contribution is -0.107. The van der Waals surface area contributed by atoms with Crippen molar-refractivity contribution < 1.29 is 35.8 Å². The molecule has 1 heterocycles. The summed E-state index contributed by atoms with van der Waals surface area (Å²) >= 11 is 0. The highest BCUT2D eigenvalue weighted by molar-refractivity contribution is 7.59. The summed E-state index contributed by atoms with van der Waals surface area (Å²) < 4.78 is 93.8. The number of alkyl halides is 6. The number of aromatic nitrogens is 3. The molecule has 2 saturated carbocycles. The van der Waals surface area contributed by atoms with Gasteiger partial charge in [0, 0.05) is 49.8 Å². The van der Waals surface area contributed by atoms with Crippen molar-refractivity contribution in [2.24, 2.45) is 0 Å². The first-order valence-corrected chi connectivity index (χ1v) is 9.33. The van der Waals surface area contributed by atoms with Crippen molar-refractivity contribution >= 4 is 31.0 Å². The molecule has 0 spiro atoms. The Labute approximate surface area is 179 Å². The van der Waals surface area contributed by atoms with Gasteiger partial charge in [-0.1, -0.05) is 0 Å². The predicted molar refractivity (Wildman–Crippen MR) is 102 cm³/mol. The van der Waals surface area contributed by atoms with Gasteiger partial charge >= 0.3 is 0 Å². The smallest absolute Gasteiger partial charge is 0.280 e. The van der Waals surface area contributed by atoms with E-state index in [-0.39, 0.29) is 36.8 Å². The van der Waals surface area contributed by atoms with Crippen LogP contribution in [0, 0.1) is 0 Å². The summed E-state index contributed by atoms with van der Waals surface area (Å²) in [4.78, 5) is 11.8. The van der Waals surface area contributed by atoms with Gasteiger partial charge in [0.25, 0.3) is 17.8 Å². The Balaban J connectivity index is 0.00000272. The third-order valence-corrected chi connectivity index (χ3v) is 5.39. The van der Waals surface area contributed by atoms with E-state index in [2.05, 4.69) is 25.6 Å². The first-order valence-electron chi connectivity index (χ1n) is 9.33. The Morgan fingerprint density at radius 3 is 1.68 bits per heavy atom. The lowest BCUT2D eigenvalue weighted by Crippen LogP contribution is -2.45. The normalized spacial score (nSPS) is 27.0. The summed E-state index contributed by atoms with van der Waals surface area (Å²) in [5, 5.41) is 14.8. The average molecular weight is 475 g/mol. The SMILES string of the molecule is O[C@H]1C(F)=C(c2nc(NC3CC(F)(F)C3)nc(NC3CC(F)(F)C3)n2)CCC1(F)F.S. The van der Waals surface area contributed by atoms with E-state index in [1.54, 1.807) is 0 Å². The molecular weight excluding hydrogens is 455 g/mol. The Morgan fingerprint density at radius 2 is 1.26 bits per heavy atom. The summed E-state index contributed by atoms with van der Waals surface area (Å²) in [6.07, 6.45) is -5.91. The van der Waals surface area contributed by atoms with E-state index in [1.807, 2.05) is 0 Å². The van der Waals surface area contributed by atoms with Gasteiger partial charge in [-0.25, -0.2) is 30.7 Å². The minimum absolute atomic E-state index is 0. The second-order valence-electron chi connectivity index (χ2n) is 8.01. The van der Waals surface area contributed by atoms with Gasteiger partial charge in [-0.15, -0.1) is 0 Å². The molecule has 0 aromatic carbocycles. The van der Waals surface area contributed by atoms with E-state index in [1.165, 1.54) is 0 Å². The first-order chi connectivity index (χ1) is 13.8. The third kappa shape index (κ3) is 4.99. The summed E-state index contributed by atoms with van der Waals surface area (Å²) in [6.45, 7) is 0. The molecule has 6 nitrogen and oxygen atoms in total. The largest absolute Gasteiger partial charge is 0.380 e. The molecule has 0 amide bonds. The van der Waals surface area contributed by atoms with Gasteiger partial charge < -0.3 is 15.7 Å². The number of aliphatic hydroxyl groups excluding tert-OH is 1. The van der Waals surface area contributed by atoms with Gasteiger partial charge in [0.1, 0.15) is 5.83 Å². The van der Waals surface area contributed by atoms with Crippen LogP contribution < -0.4 is 10.6 Å². The minimum Gasteiger partial charge on any atom is -0.380 e. The van der Waals surface area contributed by atoms with Gasteiger partial charge in [-0.3, -0.25) is 0 Å². The van der Waals surface area contributed by atoms with Crippen molar-refractivity contribution in [3.8, 4) is 0 Å². The van der Waals surface area contributed by atoms with Crippen LogP contribution in [-0.2, 0) is 0 Å². The molecule has 31 heavy (non-hydrogen) atoms. The van der Waals surface area contributed by atoms with Crippen molar-refractivity contribution in [2.45, 2.75) is 74.5 Å². The fourth-order valence-electron chi connectivity index (χ4n) is 3.65. The van der Waals surface area contributed by atoms with Crippen molar-refractivity contribution in [2.75, 3.05) is 10.6 Å². The van der Waals surface area contributed by atoms with Crippen LogP contribution in [0.5, 0.6) is 0 Å². The molecule has 0 saturated heterocycles. The van der Waals surface area contributed by atoms with E-state index in [9.17, 15) is 35.8 Å². The molecule has 3 aliphatic rings. The quantitative estimate of drug-likeness (QED) is 0.561. The molecule has 4 rings (SSSR count). The zero-order valence-corrected chi connectivity index (χ0v) is 16.9. The van der Waals surface area contributed by atoms with Crippen LogP contribution in [0.1, 0.15) is 44.3 Å². The van der Waals surface area contributed by atoms with E-state index < -0.39 is 80.3 Å². The van der Waals surface area contributed by atoms with Crippen LogP contribution in [0.2, 0.25) is 0 Å². The van der Waals surface area contributed by atoms with E-state index >= 15 is 0 Å². The topological polar surface area (TPSA) is 83.0 Å². The predicted octanol–water partition coefficient (Wildman–Crippen LogP) is 3.87. The fourth-order valence-corrected chi connectivity index (χ4v) is 3.65. The minimum atomic E-state index is -3.65. The van der Waals surface area contributed by atoms with Gasteiger partial charge in [0.15, 0.2) is 11.9 Å². The van der Waals surface area contributed by atoms with Crippen molar-refractivity contribution in [1.82, 2.24) is 15.0 Å². The molecule has 3 N–H and O–H groups in total. The average Bonchev–Trinajstić information content (AvgIpc) is 2.56. The summed E-state index contributed by atoms with van der Waals surface area (Å²) in [7, 11) is 0. The van der Waals surface area contributed by atoms with Crippen LogP contribution in [0.25, 0.3) is 5.57 Å². The molecule has 3 aliphatic carbocycles. The number of halogens is 7. The van der Waals surface area contributed by atoms with Crippen molar-refractivity contribution in [3.63, 3.8) is 0 Å². The molecule has 0 unspecified atom stereocenters. The van der Waals surface area contributed by atoms with Gasteiger partial charge in [-0.05, 0) is 6.42 Å². The summed E-state index contributed by atoms with van der Waals surface area (Å²) in [6, 6.07) is -1.34. The Bertz CT molecular complexity index is 824. The third-order valence-electron chi connectivity index (χ3n) is 5.39. The Morgan fingerprint density at radius 1 is 0.806 bits per heavy atom. The fraction of sp³-hybridized carbons (Fsp3) is 0.706. The number of hydrogen-bond donors (Lipinski definition) is 3. The van der Waals surface area contributed by atoms with E-state index in [0.717, 1.165) is 0 Å². The monoisotopic (exact) mass is 475 g/mol. The number of nitrogens with one attached hydrogen (secondary N) is 2. The molecule has 174 valence electrons. The van der Waals surface area contributed by atoms with Crippen LogP contribution in [0.3, 0.4) is 0 Å². The van der Waals surface area contributed by atoms with Gasteiger partial charge in [-0.2, -0.15) is 28.4 Å². The summed E-state index contributed by atoms with van der Waals surface area (Å²) in [5.41, 5.74) is -0.375. The van der Waals surface area contributed by atoms with Crippen LogP contribution in [0.4, 0.5) is 42.6 Å². The number of nitrogens with zero attached hydrogens (tertiary/aromatic N) is 3. The maximum Gasteiger partial charge on any atom is 0.280 e. The van der Waals surface area contributed by atoms with Gasteiger partial charge in [0.05, 0.1) is 0 Å². The number of anilines is 2. The van der Waals surface area contributed by atoms with Gasteiger partial charge in [0.2, 0.25) is 11.9 Å². The molecular formula is C17H20F7N5OS. The van der Waals surface area contributed by atoms with E-state index in [0.29, 0.717) is 0 Å². The number of allylic oxidation sites excluding steroid dienone is 1. The number of hydrogen-bond acceptors (Lipinski definition) is 6. The van der Waals surface area contributed by atoms with Crippen LogP contribution in [0.15, 0.2) is 5.83 Å². The second-order valence-corrected chi connectivity index (χ2v) is 8.01. The Kier molecular flexibility index (Phi) is 6.10. The molecule has 1 aromatic heterocycles. The van der Waals surface area contributed by atoms with E-state index in [4.69, 9.17) is 0 Å². The molecule has 2 fully saturated rings. The first kappa shape index (κ1) is 23.8. The van der Waals surface area contributed by atoms with Crippen molar-refractivity contribution in [1.29, 1.82) is 0 Å². The lowest BCUT2D eigenvalue weighted by atomic mass is 9.88. The maximum absolute atomic E-state index is 14.4. The highest BCUT2D eigenvalue weighted by Crippen LogP contribution is 2.42. The highest BCUT2D eigenvalue weighted by atomic mass is 32.1. The van der Waals surface area contributed by atoms with Crippen molar-refractivity contribution in [3.05, 3.63) is 11.7 Å². The zero-order chi connectivity index (χ0) is 21.9. The highest BCUT2D eigenvalue weighted by Gasteiger charge is 2.48. The standard InChI is InChI=1S/C17H18F7N5O.H2S/c18-10-9(1-2-17(23,24)11(10)30)12-27-13(25-7-3-15(19,20)4-7)29-14(28-12)26-8-5-16(21,22)6-8;/h7-8,11,30H,1-6H2,(H2,25,26,27,28,29);1H2/t11-;/m0./s1. The van der Waals surface area contributed by atoms with Crippen LogP contribution >= 0.6 is 13.5 Å². The second kappa shape index (κ2) is 7.94. The summed E-state index contributed by atoms with van der Waals surface area (Å²) in [5.74, 6) is -11.6. The molecule has 0 bridgehead atoms. The molecule has 0 radical (unpaired) electrons. The Hall–Kier alpha value is -1.83. The van der Waals surface area contributed by atoms with Crippen LogP contribution in [-0.4, -0.2) is 56.0 Å². The maximum atomic E-state index is 14.4. The molecule has 14 heteroatoms. The molecule has 0 aliphatic heterocycles. The molecule has 1 atom stereocenters. The number of rotatable bonds is 5. The number of aliphatic hydroxyl groups is 1. The molecule has 1 aromatic rings.